The van der Waals surface area contributed by atoms with Crippen LogP contribution < -0.4 is 5.73 Å². The van der Waals surface area contributed by atoms with Gasteiger partial charge in [-0.15, -0.1) is 0 Å². The second kappa shape index (κ2) is 5.28. The molecule has 0 aliphatic heterocycles. The smallest absolute Gasteiger partial charge is 0.147 e. The van der Waals surface area contributed by atoms with E-state index in [2.05, 4.69) is 15.9 Å². The van der Waals surface area contributed by atoms with E-state index in [1.165, 1.54) is 0 Å². The first kappa shape index (κ1) is 12.9. The lowest BCUT2D eigenvalue weighted by molar-refractivity contribution is 0.439. The molecule has 84 valence electrons. The summed E-state index contributed by atoms with van der Waals surface area (Å²) in [6, 6.07) is 3.10. The number of rotatable bonds is 3. The van der Waals surface area contributed by atoms with Crippen molar-refractivity contribution in [2.24, 2.45) is 11.7 Å². The van der Waals surface area contributed by atoms with Crippen LogP contribution in [0.5, 0.6) is 0 Å². The normalized spacial score (nSPS) is 15.1. The Morgan fingerprint density at radius 1 is 1.53 bits per heavy atom. The van der Waals surface area contributed by atoms with Gasteiger partial charge in [0.2, 0.25) is 0 Å². The molecule has 0 saturated carbocycles. The molecule has 1 rings (SSSR count). The molecule has 2 N–H and O–H groups in total. The van der Waals surface area contributed by atoms with Crippen LogP contribution in [-0.4, -0.2) is 0 Å². The van der Waals surface area contributed by atoms with E-state index >= 15 is 0 Å². The molecular formula is C11H14BrClFN. The molecule has 0 radical (unpaired) electrons. The first-order chi connectivity index (χ1) is 6.99. The van der Waals surface area contributed by atoms with Crippen molar-refractivity contribution >= 4 is 27.5 Å². The van der Waals surface area contributed by atoms with E-state index in [9.17, 15) is 4.39 Å². The Labute approximate surface area is 103 Å². The lowest BCUT2D eigenvalue weighted by Gasteiger charge is -2.19. The zero-order chi connectivity index (χ0) is 11.6. The summed E-state index contributed by atoms with van der Waals surface area (Å²) in [5.41, 5.74) is 6.44. The van der Waals surface area contributed by atoms with Gasteiger partial charge in [-0.25, -0.2) is 4.39 Å². The Bertz CT molecular complexity index is 357. The fraction of sp³-hybridized carbons (Fsp3) is 0.455. The molecule has 0 aliphatic carbocycles. The van der Waals surface area contributed by atoms with E-state index in [0.717, 1.165) is 6.42 Å². The van der Waals surface area contributed by atoms with Gasteiger partial charge in [-0.05, 0) is 27.9 Å². The van der Waals surface area contributed by atoms with Crippen LogP contribution in [0.25, 0.3) is 0 Å². The van der Waals surface area contributed by atoms with Crippen LogP contribution in [0, 0.1) is 11.7 Å². The Morgan fingerprint density at radius 3 is 2.67 bits per heavy atom. The molecule has 0 saturated heterocycles. The van der Waals surface area contributed by atoms with E-state index in [1.807, 2.05) is 13.8 Å². The maximum absolute atomic E-state index is 13.8. The molecule has 0 spiro atoms. The average Bonchev–Trinajstić information content (AvgIpc) is 2.24. The maximum Gasteiger partial charge on any atom is 0.147 e. The van der Waals surface area contributed by atoms with Gasteiger partial charge in [-0.3, -0.25) is 0 Å². The van der Waals surface area contributed by atoms with Crippen LogP contribution >= 0.6 is 27.5 Å². The number of hydrogen-bond donors (Lipinski definition) is 1. The minimum Gasteiger partial charge on any atom is -0.324 e. The summed E-state index contributed by atoms with van der Waals surface area (Å²) < 4.78 is 14.3. The summed E-state index contributed by atoms with van der Waals surface area (Å²) in [6.45, 7) is 4.03. The quantitative estimate of drug-likeness (QED) is 0.827. The highest BCUT2D eigenvalue weighted by atomic mass is 79.9. The highest BCUT2D eigenvalue weighted by molar-refractivity contribution is 9.10. The second-order valence-electron chi connectivity index (χ2n) is 3.68. The van der Waals surface area contributed by atoms with Gasteiger partial charge in [-0.2, -0.15) is 0 Å². The van der Waals surface area contributed by atoms with Crippen molar-refractivity contribution in [3.05, 3.63) is 33.0 Å². The van der Waals surface area contributed by atoms with Crippen molar-refractivity contribution in [3.8, 4) is 0 Å². The lowest BCUT2D eigenvalue weighted by atomic mass is 9.93. The third-order valence-electron chi connectivity index (χ3n) is 2.68. The monoisotopic (exact) mass is 293 g/mol. The van der Waals surface area contributed by atoms with Crippen molar-refractivity contribution in [1.29, 1.82) is 0 Å². The van der Waals surface area contributed by atoms with Crippen LogP contribution in [0.3, 0.4) is 0 Å². The molecule has 15 heavy (non-hydrogen) atoms. The molecule has 4 heteroatoms. The van der Waals surface area contributed by atoms with E-state index in [-0.39, 0.29) is 17.0 Å². The van der Waals surface area contributed by atoms with Gasteiger partial charge in [0, 0.05) is 16.1 Å². The summed E-state index contributed by atoms with van der Waals surface area (Å²) in [7, 11) is 0. The van der Waals surface area contributed by atoms with E-state index in [4.69, 9.17) is 17.3 Å². The van der Waals surface area contributed by atoms with E-state index in [0.29, 0.717) is 10.0 Å². The summed E-state index contributed by atoms with van der Waals surface area (Å²) in [5, 5.41) is 0.103. The van der Waals surface area contributed by atoms with Gasteiger partial charge in [0.15, 0.2) is 0 Å². The van der Waals surface area contributed by atoms with Gasteiger partial charge in [0.1, 0.15) is 5.82 Å². The first-order valence-corrected chi connectivity index (χ1v) is 6.05. The van der Waals surface area contributed by atoms with Gasteiger partial charge in [0.05, 0.1) is 5.02 Å². The number of hydrogen-bond acceptors (Lipinski definition) is 1. The Hall–Kier alpha value is -0.120. The predicted molar refractivity (Wildman–Crippen MR) is 65.5 cm³/mol. The van der Waals surface area contributed by atoms with Crippen LogP contribution in [0.15, 0.2) is 16.6 Å². The molecule has 2 unspecified atom stereocenters. The van der Waals surface area contributed by atoms with Crippen molar-refractivity contribution in [2.75, 3.05) is 0 Å². The summed E-state index contributed by atoms with van der Waals surface area (Å²) in [6.07, 6.45) is 0.911. The zero-order valence-electron chi connectivity index (χ0n) is 8.73. The van der Waals surface area contributed by atoms with Gasteiger partial charge < -0.3 is 5.73 Å². The second-order valence-corrected chi connectivity index (χ2v) is 4.91. The fourth-order valence-electron chi connectivity index (χ4n) is 1.36. The SMILES string of the molecule is CCC(C)C(N)c1ccc(Br)c(Cl)c1F. The van der Waals surface area contributed by atoms with Crippen molar-refractivity contribution in [1.82, 2.24) is 0 Å². The first-order valence-electron chi connectivity index (χ1n) is 4.88. The van der Waals surface area contributed by atoms with Crippen LogP contribution in [0.4, 0.5) is 4.39 Å². The molecule has 1 aromatic carbocycles. The zero-order valence-corrected chi connectivity index (χ0v) is 11.1. The van der Waals surface area contributed by atoms with Crippen molar-refractivity contribution in [2.45, 2.75) is 26.3 Å². The molecule has 2 atom stereocenters. The molecule has 1 nitrogen and oxygen atoms in total. The van der Waals surface area contributed by atoms with Gasteiger partial charge in [-0.1, -0.05) is 37.9 Å². The average molecular weight is 295 g/mol. The number of benzene rings is 1. The molecule has 0 heterocycles. The van der Waals surface area contributed by atoms with Crippen molar-refractivity contribution < 1.29 is 4.39 Å². The van der Waals surface area contributed by atoms with Gasteiger partial charge >= 0.3 is 0 Å². The standard InChI is InChI=1S/C11H14BrClFN/c1-3-6(2)11(15)7-4-5-8(12)9(13)10(7)14/h4-6,11H,3,15H2,1-2H3. The third kappa shape index (κ3) is 2.71. The molecule has 1 aromatic rings. The van der Waals surface area contributed by atoms with Crippen molar-refractivity contribution in [3.63, 3.8) is 0 Å². The summed E-state index contributed by atoms with van der Waals surface area (Å²) >= 11 is 8.97. The van der Waals surface area contributed by atoms with E-state index in [1.54, 1.807) is 12.1 Å². The largest absolute Gasteiger partial charge is 0.324 e. The number of nitrogens with two attached hydrogens (primary N) is 1. The highest BCUT2D eigenvalue weighted by Gasteiger charge is 2.19. The molecular weight excluding hydrogens is 280 g/mol. The molecule has 0 aromatic heterocycles. The Balaban J connectivity index is 3.10. The van der Waals surface area contributed by atoms with Crippen LogP contribution in [0.1, 0.15) is 31.9 Å². The molecule has 0 fully saturated rings. The Kier molecular flexibility index (Phi) is 4.56. The lowest BCUT2D eigenvalue weighted by Crippen LogP contribution is -2.20. The minimum absolute atomic E-state index is 0.103. The maximum atomic E-state index is 13.8. The van der Waals surface area contributed by atoms with Gasteiger partial charge in [0.25, 0.3) is 0 Å². The molecule has 0 aliphatic rings. The molecule has 0 bridgehead atoms. The molecule has 0 amide bonds. The fourth-order valence-corrected chi connectivity index (χ4v) is 1.84. The number of halogens is 3. The van der Waals surface area contributed by atoms with E-state index < -0.39 is 5.82 Å². The summed E-state index contributed by atoms with van der Waals surface area (Å²) in [5.74, 6) is -0.185. The highest BCUT2D eigenvalue weighted by Crippen LogP contribution is 2.32. The predicted octanol–water partition coefficient (Wildman–Crippen LogP) is 4.29. The van der Waals surface area contributed by atoms with Crippen LogP contribution in [-0.2, 0) is 0 Å². The van der Waals surface area contributed by atoms with Crippen LogP contribution in [0.2, 0.25) is 5.02 Å². The Morgan fingerprint density at radius 2 is 2.13 bits per heavy atom. The topological polar surface area (TPSA) is 26.0 Å². The minimum atomic E-state index is -0.418. The third-order valence-corrected chi connectivity index (χ3v) is 3.94. The summed E-state index contributed by atoms with van der Waals surface area (Å²) in [4.78, 5) is 0.